The monoisotopic (exact) mass is 430 g/mol. The molecule has 3 N–H and O–H groups in total. The average Bonchev–Trinajstić information content (AvgIpc) is 2.71. The molecule has 0 aliphatic carbocycles. The highest BCUT2D eigenvalue weighted by Gasteiger charge is 2.20. The van der Waals surface area contributed by atoms with Crippen molar-refractivity contribution in [2.24, 2.45) is 0 Å². The predicted molar refractivity (Wildman–Crippen MR) is 121 cm³/mol. The first kappa shape index (κ1) is 22.1. The largest absolute Gasteiger partial charge is 0.335 e. The van der Waals surface area contributed by atoms with Gasteiger partial charge < -0.3 is 10.6 Å². The van der Waals surface area contributed by atoms with Crippen LogP contribution in [0.5, 0.6) is 0 Å². The van der Waals surface area contributed by atoms with Gasteiger partial charge in [0, 0.05) is 37.1 Å². The van der Waals surface area contributed by atoms with Gasteiger partial charge in [0.1, 0.15) is 0 Å². The van der Waals surface area contributed by atoms with E-state index in [1.165, 1.54) is 5.56 Å². The number of nitrogens with one attached hydrogen (secondary N) is 3. The molecule has 1 aliphatic rings. The highest BCUT2D eigenvalue weighted by molar-refractivity contribution is 7.92. The first-order valence-corrected chi connectivity index (χ1v) is 12.0. The van der Waals surface area contributed by atoms with Crippen LogP contribution in [-0.2, 0) is 16.6 Å². The molecule has 0 bridgehead atoms. The van der Waals surface area contributed by atoms with Crippen molar-refractivity contribution in [2.45, 2.75) is 38.8 Å². The van der Waals surface area contributed by atoms with Gasteiger partial charge in [0.15, 0.2) is 0 Å². The standard InChI is InChI=1S/C22H30N4O3S/c1-2-16-30(28,29)25-21-10-8-19(9-11-21)23-22(27)24-20-12-14-26(15-13-20)17-18-6-4-3-5-7-18/h3-11,20,25H,2,12-17H2,1H3,(H2,23,24,27). The van der Waals surface area contributed by atoms with E-state index >= 15 is 0 Å². The van der Waals surface area contributed by atoms with Gasteiger partial charge in [0.2, 0.25) is 10.0 Å². The summed E-state index contributed by atoms with van der Waals surface area (Å²) in [6.07, 6.45) is 2.39. The van der Waals surface area contributed by atoms with Crippen LogP contribution in [0.15, 0.2) is 54.6 Å². The van der Waals surface area contributed by atoms with Crippen molar-refractivity contribution in [1.82, 2.24) is 10.2 Å². The highest BCUT2D eigenvalue weighted by atomic mass is 32.2. The summed E-state index contributed by atoms with van der Waals surface area (Å²) in [6.45, 7) is 4.66. The minimum absolute atomic E-state index is 0.0829. The fraction of sp³-hybridized carbons (Fsp3) is 0.409. The Labute approximate surface area is 178 Å². The fourth-order valence-electron chi connectivity index (χ4n) is 3.55. The van der Waals surface area contributed by atoms with Crippen LogP contribution in [0.4, 0.5) is 16.2 Å². The van der Waals surface area contributed by atoms with Crippen LogP contribution in [-0.4, -0.2) is 44.2 Å². The third-order valence-electron chi connectivity index (χ3n) is 5.06. The van der Waals surface area contributed by atoms with Crippen LogP contribution in [0.1, 0.15) is 31.7 Å². The van der Waals surface area contributed by atoms with E-state index in [1.807, 2.05) is 13.0 Å². The van der Waals surface area contributed by atoms with Gasteiger partial charge in [0.25, 0.3) is 0 Å². The molecule has 1 saturated heterocycles. The fourth-order valence-corrected chi connectivity index (χ4v) is 4.69. The Balaban J connectivity index is 1.41. The maximum atomic E-state index is 12.3. The zero-order valence-electron chi connectivity index (χ0n) is 17.3. The summed E-state index contributed by atoms with van der Waals surface area (Å²) in [4.78, 5) is 14.7. The zero-order valence-corrected chi connectivity index (χ0v) is 18.1. The Morgan fingerprint density at radius 1 is 1.00 bits per heavy atom. The molecule has 2 aromatic rings. The van der Waals surface area contributed by atoms with E-state index in [9.17, 15) is 13.2 Å². The Bertz CT molecular complexity index is 909. The van der Waals surface area contributed by atoms with Crippen molar-refractivity contribution >= 4 is 27.4 Å². The molecule has 8 heteroatoms. The molecule has 2 aromatic carbocycles. The molecule has 1 heterocycles. The second-order valence-corrected chi connectivity index (χ2v) is 9.47. The molecule has 0 unspecified atom stereocenters. The van der Waals surface area contributed by atoms with E-state index in [-0.39, 0.29) is 17.8 Å². The van der Waals surface area contributed by atoms with Crippen molar-refractivity contribution < 1.29 is 13.2 Å². The number of urea groups is 1. The summed E-state index contributed by atoms with van der Waals surface area (Å²) in [5.74, 6) is 0.0829. The number of carbonyl (C=O) groups excluding carboxylic acids is 1. The van der Waals surface area contributed by atoms with Crippen molar-refractivity contribution in [2.75, 3.05) is 28.9 Å². The van der Waals surface area contributed by atoms with E-state index < -0.39 is 10.0 Å². The van der Waals surface area contributed by atoms with Gasteiger partial charge >= 0.3 is 6.03 Å². The number of sulfonamides is 1. The topological polar surface area (TPSA) is 90.5 Å². The van der Waals surface area contributed by atoms with Crippen LogP contribution in [0.3, 0.4) is 0 Å². The molecule has 30 heavy (non-hydrogen) atoms. The van der Waals surface area contributed by atoms with Gasteiger partial charge in [-0.2, -0.15) is 0 Å². The van der Waals surface area contributed by atoms with Gasteiger partial charge in [-0.3, -0.25) is 9.62 Å². The molecule has 0 aromatic heterocycles. The molecule has 3 rings (SSSR count). The summed E-state index contributed by atoms with van der Waals surface area (Å²) in [6, 6.07) is 17.0. The predicted octanol–water partition coefficient (Wildman–Crippen LogP) is 3.62. The smallest absolute Gasteiger partial charge is 0.319 e. The van der Waals surface area contributed by atoms with Crippen molar-refractivity contribution in [3.8, 4) is 0 Å². The van der Waals surface area contributed by atoms with E-state index in [4.69, 9.17) is 0 Å². The maximum Gasteiger partial charge on any atom is 0.319 e. The first-order chi connectivity index (χ1) is 14.4. The Morgan fingerprint density at radius 3 is 2.27 bits per heavy atom. The molecule has 0 radical (unpaired) electrons. The summed E-state index contributed by atoms with van der Waals surface area (Å²) in [7, 11) is -3.32. The zero-order chi connectivity index (χ0) is 21.4. The van der Waals surface area contributed by atoms with Crippen molar-refractivity contribution in [1.29, 1.82) is 0 Å². The Kier molecular flexibility index (Phi) is 7.70. The molecular formula is C22H30N4O3S. The average molecular weight is 431 g/mol. The van der Waals surface area contributed by atoms with Gasteiger partial charge in [-0.1, -0.05) is 37.3 Å². The summed E-state index contributed by atoms with van der Waals surface area (Å²) in [5, 5.41) is 5.85. The third-order valence-corrected chi connectivity index (χ3v) is 6.55. The van der Waals surface area contributed by atoms with Crippen LogP contribution in [0.25, 0.3) is 0 Å². The SMILES string of the molecule is CCCS(=O)(=O)Nc1ccc(NC(=O)NC2CCN(Cc3ccccc3)CC2)cc1. The van der Waals surface area contributed by atoms with Crippen LogP contribution < -0.4 is 15.4 Å². The van der Waals surface area contributed by atoms with Crippen molar-refractivity contribution in [3.05, 3.63) is 60.2 Å². The number of anilines is 2. The molecule has 162 valence electrons. The normalized spacial score (nSPS) is 15.5. The number of amides is 2. The lowest BCUT2D eigenvalue weighted by atomic mass is 10.0. The van der Waals surface area contributed by atoms with Gasteiger partial charge in [-0.25, -0.2) is 13.2 Å². The lowest BCUT2D eigenvalue weighted by Gasteiger charge is -2.32. The molecule has 0 atom stereocenters. The number of piperidine rings is 1. The number of nitrogens with zero attached hydrogens (tertiary/aromatic N) is 1. The van der Waals surface area contributed by atoms with Gasteiger partial charge in [-0.15, -0.1) is 0 Å². The third kappa shape index (κ3) is 7.03. The molecule has 1 aliphatic heterocycles. The van der Waals surface area contributed by atoms with Crippen LogP contribution >= 0.6 is 0 Å². The van der Waals surface area contributed by atoms with Crippen molar-refractivity contribution in [3.63, 3.8) is 0 Å². The number of likely N-dealkylation sites (tertiary alicyclic amines) is 1. The second kappa shape index (κ2) is 10.4. The van der Waals surface area contributed by atoms with Crippen LogP contribution in [0.2, 0.25) is 0 Å². The number of hydrogen-bond donors (Lipinski definition) is 3. The van der Waals surface area contributed by atoms with E-state index in [0.717, 1.165) is 32.5 Å². The molecule has 2 amide bonds. The lowest BCUT2D eigenvalue weighted by molar-refractivity contribution is 0.190. The minimum atomic E-state index is -3.32. The van der Waals surface area contributed by atoms with Gasteiger partial charge in [-0.05, 0) is 49.1 Å². The van der Waals surface area contributed by atoms with E-state index in [2.05, 4.69) is 44.5 Å². The number of hydrogen-bond acceptors (Lipinski definition) is 4. The van der Waals surface area contributed by atoms with E-state index in [1.54, 1.807) is 24.3 Å². The molecule has 0 saturated carbocycles. The maximum absolute atomic E-state index is 12.3. The number of carbonyl (C=O) groups is 1. The summed E-state index contributed by atoms with van der Waals surface area (Å²) in [5.41, 5.74) is 2.41. The molecule has 7 nitrogen and oxygen atoms in total. The van der Waals surface area contributed by atoms with E-state index in [0.29, 0.717) is 17.8 Å². The lowest BCUT2D eigenvalue weighted by Crippen LogP contribution is -2.45. The summed E-state index contributed by atoms with van der Waals surface area (Å²) >= 11 is 0. The quantitative estimate of drug-likeness (QED) is 0.597. The Morgan fingerprint density at radius 2 is 1.63 bits per heavy atom. The highest BCUT2D eigenvalue weighted by Crippen LogP contribution is 2.16. The number of rotatable bonds is 8. The summed E-state index contributed by atoms with van der Waals surface area (Å²) < 4.78 is 26.2. The Hall–Kier alpha value is -2.58. The molecule has 1 fully saturated rings. The first-order valence-electron chi connectivity index (χ1n) is 10.4. The second-order valence-electron chi connectivity index (χ2n) is 7.63. The molecular weight excluding hydrogens is 400 g/mol. The van der Waals surface area contributed by atoms with Gasteiger partial charge in [0.05, 0.1) is 5.75 Å². The minimum Gasteiger partial charge on any atom is -0.335 e. The number of benzene rings is 2. The molecule has 0 spiro atoms. The van der Waals surface area contributed by atoms with Crippen LogP contribution in [0, 0.1) is 0 Å².